The van der Waals surface area contributed by atoms with Crippen LogP contribution in [0.3, 0.4) is 0 Å². The van der Waals surface area contributed by atoms with Crippen LogP contribution in [0.25, 0.3) is 0 Å². The zero-order valence-corrected chi connectivity index (χ0v) is 11.8. The smallest absolute Gasteiger partial charge is 0.304 e. The van der Waals surface area contributed by atoms with Crippen LogP contribution in [0.2, 0.25) is 0 Å². The van der Waals surface area contributed by atoms with Crippen molar-refractivity contribution in [1.82, 2.24) is 5.32 Å². The normalized spacial score (nSPS) is 17.1. The van der Waals surface area contributed by atoms with Gasteiger partial charge in [-0.05, 0) is 25.5 Å². The Labute approximate surface area is 118 Å². The summed E-state index contributed by atoms with van der Waals surface area (Å²) in [5.41, 5.74) is 1.99. The molecule has 2 N–H and O–H groups in total. The molecule has 0 radical (unpaired) electrons. The number of nitrogens with one attached hydrogen (secondary N) is 1. The Kier molecular flexibility index (Phi) is 4.27. The molecule has 1 amide bonds. The third kappa shape index (κ3) is 3.29. The molecule has 1 heterocycles. The minimum atomic E-state index is -0.807. The Hall–Kier alpha value is -2.04. The first-order valence-electron chi connectivity index (χ1n) is 6.82. The molecule has 0 fully saturated rings. The van der Waals surface area contributed by atoms with Gasteiger partial charge in [-0.1, -0.05) is 18.2 Å². The van der Waals surface area contributed by atoms with Crippen molar-refractivity contribution in [3.8, 4) is 0 Å². The van der Waals surface area contributed by atoms with Crippen LogP contribution in [0.5, 0.6) is 0 Å². The third-order valence-corrected chi connectivity index (χ3v) is 3.36. The molecule has 1 atom stereocenters. The highest BCUT2D eigenvalue weighted by Gasteiger charge is 2.30. The molecule has 1 unspecified atom stereocenters. The number of rotatable bonds is 5. The van der Waals surface area contributed by atoms with Crippen LogP contribution in [-0.2, 0) is 9.59 Å². The standard InChI is InChI=1S/C15H20N2O3/c1-10(2)16-14(18)9-17-8-11(7-15(19)20)12-5-3-4-6-13(12)17/h3-6,10-11H,7-9H2,1-2H3,(H,16,18)(H,19,20). The van der Waals surface area contributed by atoms with Crippen molar-refractivity contribution in [2.75, 3.05) is 18.0 Å². The maximum atomic E-state index is 11.9. The topological polar surface area (TPSA) is 69.6 Å². The Bertz CT molecular complexity index is 514. The van der Waals surface area contributed by atoms with Crippen LogP contribution in [0, 0.1) is 0 Å². The van der Waals surface area contributed by atoms with Crippen LogP contribution in [-0.4, -0.2) is 36.1 Å². The van der Waals surface area contributed by atoms with E-state index in [2.05, 4.69) is 5.32 Å². The number of carbonyl (C=O) groups excluding carboxylic acids is 1. The molecule has 20 heavy (non-hydrogen) atoms. The molecule has 0 aromatic heterocycles. The molecule has 1 aliphatic heterocycles. The van der Waals surface area contributed by atoms with Crippen molar-refractivity contribution in [2.24, 2.45) is 0 Å². The summed E-state index contributed by atoms with van der Waals surface area (Å²) in [4.78, 5) is 24.8. The first-order valence-corrected chi connectivity index (χ1v) is 6.82. The van der Waals surface area contributed by atoms with E-state index in [0.29, 0.717) is 6.54 Å². The fourth-order valence-corrected chi connectivity index (χ4v) is 2.66. The van der Waals surface area contributed by atoms with Gasteiger partial charge in [0.05, 0.1) is 13.0 Å². The van der Waals surface area contributed by atoms with Gasteiger partial charge in [-0.25, -0.2) is 0 Å². The van der Waals surface area contributed by atoms with Crippen molar-refractivity contribution < 1.29 is 14.7 Å². The van der Waals surface area contributed by atoms with Gasteiger partial charge in [0.2, 0.25) is 5.91 Å². The SMILES string of the molecule is CC(C)NC(=O)CN1CC(CC(=O)O)c2ccccc21. The molecule has 5 nitrogen and oxygen atoms in total. The summed E-state index contributed by atoms with van der Waals surface area (Å²) < 4.78 is 0. The largest absolute Gasteiger partial charge is 0.481 e. The molecule has 0 saturated heterocycles. The number of aliphatic carboxylic acids is 1. The van der Waals surface area contributed by atoms with E-state index in [-0.39, 0.29) is 30.8 Å². The zero-order valence-electron chi connectivity index (χ0n) is 11.8. The minimum absolute atomic E-state index is 0.0363. The summed E-state index contributed by atoms with van der Waals surface area (Å²) in [7, 11) is 0. The van der Waals surface area contributed by atoms with Crippen LogP contribution >= 0.6 is 0 Å². The summed E-state index contributed by atoms with van der Waals surface area (Å²) in [5, 5.41) is 11.8. The predicted octanol–water partition coefficient (Wildman–Crippen LogP) is 1.59. The molecule has 1 aliphatic rings. The van der Waals surface area contributed by atoms with Crippen LogP contribution in [0.4, 0.5) is 5.69 Å². The van der Waals surface area contributed by atoms with E-state index in [1.165, 1.54) is 0 Å². The average molecular weight is 276 g/mol. The number of hydrogen-bond acceptors (Lipinski definition) is 3. The van der Waals surface area contributed by atoms with Gasteiger partial charge in [-0.2, -0.15) is 0 Å². The summed E-state index contributed by atoms with van der Waals surface area (Å²) in [5.74, 6) is -0.889. The van der Waals surface area contributed by atoms with Crippen LogP contribution in [0.15, 0.2) is 24.3 Å². The molecule has 108 valence electrons. The number of hydrogen-bond donors (Lipinski definition) is 2. The number of benzene rings is 1. The first kappa shape index (κ1) is 14.4. The van der Waals surface area contributed by atoms with E-state index >= 15 is 0 Å². The number of carboxylic acid groups (broad SMARTS) is 1. The number of fused-ring (bicyclic) bond motifs is 1. The second-order valence-corrected chi connectivity index (χ2v) is 5.46. The van der Waals surface area contributed by atoms with Gasteiger partial charge in [0.25, 0.3) is 0 Å². The Morgan fingerprint density at radius 3 is 2.75 bits per heavy atom. The lowest BCUT2D eigenvalue weighted by Crippen LogP contribution is -2.39. The van der Waals surface area contributed by atoms with E-state index in [0.717, 1.165) is 11.3 Å². The van der Waals surface area contributed by atoms with E-state index in [4.69, 9.17) is 5.11 Å². The van der Waals surface area contributed by atoms with E-state index < -0.39 is 5.97 Å². The van der Waals surface area contributed by atoms with E-state index in [9.17, 15) is 9.59 Å². The number of anilines is 1. The average Bonchev–Trinajstić information content (AvgIpc) is 2.66. The van der Waals surface area contributed by atoms with E-state index in [1.54, 1.807) is 0 Å². The van der Waals surface area contributed by atoms with Crippen molar-refractivity contribution in [2.45, 2.75) is 32.2 Å². The quantitative estimate of drug-likeness (QED) is 0.857. The molecular weight excluding hydrogens is 256 g/mol. The van der Waals surface area contributed by atoms with Crippen molar-refractivity contribution in [1.29, 1.82) is 0 Å². The lowest BCUT2D eigenvalue weighted by Gasteiger charge is -2.20. The predicted molar refractivity (Wildman–Crippen MR) is 76.9 cm³/mol. The molecule has 5 heteroatoms. The number of amides is 1. The van der Waals surface area contributed by atoms with E-state index in [1.807, 2.05) is 43.0 Å². The van der Waals surface area contributed by atoms with Gasteiger partial charge in [-0.3, -0.25) is 9.59 Å². The van der Waals surface area contributed by atoms with Crippen molar-refractivity contribution in [3.05, 3.63) is 29.8 Å². The maximum absolute atomic E-state index is 11.9. The fraction of sp³-hybridized carbons (Fsp3) is 0.467. The summed E-state index contributed by atoms with van der Waals surface area (Å²) in [6.07, 6.45) is 0.0965. The minimum Gasteiger partial charge on any atom is -0.481 e. The monoisotopic (exact) mass is 276 g/mol. The molecule has 0 spiro atoms. The molecule has 2 rings (SSSR count). The van der Waals surface area contributed by atoms with Gasteiger partial charge in [0.15, 0.2) is 0 Å². The number of para-hydroxylation sites is 1. The molecule has 0 aliphatic carbocycles. The van der Waals surface area contributed by atoms with Gasteiger partial charge >= 0.3 is 5.97 Å². The Balaban J connectivity index is 2.12. The van der Waals surface area contributed by atoms with Gasteiger partial charge in [0, 0.05) is 24.2 Å². The highest BCUT2D eigenvalue weighted by molar-refractivity contribution is 5.83. The van der Waals surface area contributed by atoms with Gasteiger partial charge < -0.3 is 15.3 Å². The zero-order chi connectivity index (χ0) is 14.7. The first-order chi connectivity index (χ1) is 9.47. The molecule has 1 aromatic rings. The molecular formula is C15H20N2O3. The molecule has 1 aromatic carbocycles. The Morgan fingerprint density at radius 2 is 2.10 bits per heavy atom. The maximum Gasteiger partial charge on any atom is 0.304 e. The van der Waals surface area contributed by atoms with Crippen LogP contribution < -0.4 is 10.2 Å². The lowest BCUT2D eigenvalue weighted by atomic mass is 9.98. The van der Waals surface area contributed by atoms with Gasteiger partial charge in [-0.15, -0.1) is 0 Å². The van der Waals surface area contributed by atoms with Crippen molar-refractivity contribution >= 4 is 17.6 Å². The lowest BCUT2D eigenvalue weighted by molar-refractivity contribution is -0.137. The second kappa shape index (κ2) is 5.94. The molecule has 0 saturated carbocycles. The number of carbonyl (C=O) groups is 2. The second-order valence-electron chi connectivity index (χ2n) is 5.46. The molecule has 0 bridgehead atoms. The van der Waals surface area contributed by atoms with Crippen LogP contribution in [0.1, 0.15) is 31.7 Å². The summed E-state index contributed by atoms with van der Waals surface area (Å²) in [6, 6.07) is 7.82. The number of nitrogens with zero attached hydrogens (tertiary/aromatic N) is 1. The number of carboxylic acids is 1. The van der Waals surface area contributed by atoms with Gasteiger partial charge in [0.1, 0.15) is 0 Å². The Morgan fingerprint density at radius 1 is 1.40 bits per heavy atom. The van der Waals surface area contributed by atoms with Crippen molar-refractivity contribution in [3.63, 3.8) is 0 Å². The third-order valence-electron chi connectivity index (χ3n) is 3.36. The fourth-order valence-electron chi connectivity index (χ4n) is 2.66. The summed E-state index contributed by atoms with van der Waals surface area (Å²) >= 11 is 0. The highest BCUT2D eigenvalue weighted by atomic mass is 16.4. The summed E-state index contributed by atoms with van der Waals surface area (Å²) in [6.45, 7) is 4.69. The highest BCUT2D eigenvalue weighted by Crippen LogP contribution is 2.37.